The summed E-state index contributed by atoms with van der Waals surface area (Å²) in [6.07, 6.45) is 0. The van der Waals surface area contributed by atoms with Crippen LogP contribution in [0.5, 0.6) is 0 Å². The molecule has 0 saturated heterocycles. The first-order valence-corrected chi connectivity index (χ1v) is 7.04. The molecule has 21 heavy (non-hydrogen) atoms. The van der Waals surface area contributed by atoms with Gasteiger partial charge >= 0.3 is 0 Å². The topological polar surface area (TPSA) is 73.8 Å². The maximum atomic E-state index is 10.8. The van der Waals surface area contributed by atoms with Crippen molar-refractivity contribution in [1.29, 1.82) is 0 Å². The van der Waals surface area contributed by atoms with Crippen molar-refractivity contribution in [3.8, 4) is 5.82 Å². The fourth-order valence-corrected chi connectivity index (χ4v) is 2.43. The quantitative estimate of drug-likeness (QED) is 0.523. The van der Waals surface area contributed by atoms with E-state index in [1.54, 1.807) is 16.8 Å². The first-order chi connectivity index (χ1) is 9.97. The summed E-state index contributed by atoms with van der Waals surface area (Å²) in [6, 6.07) is 8.24. The van der Waals surface area contributed by atoms with Gasteiger partial charge in [-0.25, -0.2) is 9.67 Å². The number of benzene rings is 1. The summed E-state index contributed by atoms with van der Waals surface area (Å²) in [6.45, 7) is 3.86. The molecular weight excluding hydrogens is 336 g/mol. The van der Waals surface area contributed by atoms with E-state index in [1.807, 2.05) is 19.9 Å². The number of aromatic nitrogens is 3. The molecule has 0 aliphatic rings. The summed E-state index contributed by atoms with van der Waals surface area (Å²) < 4.78 is 2.70. The number of nitro benzene ring substituents is 1. The minimum Gasteiger partial charge on any atom is -0.258 e. The lowest BCUT2D eigenvalue weighted by Gasteiger charge is -2.05. The van der Waals surface area contributed by atoms with E-state index in [0.29, 0.717) is 11.3 Å². The van der Waals surface area contributed by atoms with Crippen molar-refractivity contribution < 1.29 is 4.92 Å². The van der Waals surface area contributed by atoms with E-state index in [0.717, 1.165) is 21.2 Å². The SMILES string of the molecule is Cc1nn(-c2ccc3cc([N+](=O)[O-])ccc3n2)c(C)c1Br. The predicted octanol–water partition coefficient (Wildman–Crippen LogP) is 3.71. The van der Waals surface area contributed by atoms with Gasteiger partial charge in [-0.15, -0.1) is 0 Å². The minimum atomic E-state index is -0.411. The van der Waals surface area contributed by atoms with E-state index in [1.165, 1.54) is 12.1 Å². The Kier molecular flexibility index (Phi) is 3.21. The molecule has 0 amide bonds. The van der Waals surface area contributed by atoms with Crippen LogP contribution in [0.15, 0.2) is 34.8 Å². The highest BCUT2D eigenvalue weighted by Crippen LogP contribution is 2.24. The third-order valence-electron chi connectivity index (χ3n) is 3.29. The van der Waals surface area contributed by atoms with Gasteiger partial charge in [-0.2, -0.15) is 5.10 Å². The molecule has 0 aliphatic carbocycles. The first-order valence-electron chi connectivity index (χ1n) is 6.24. The Morgan fingerprint density at radius 1 is 1.24 bits per heavy atom. The van der Waals surface area contributed by atoms with Gasteiger partial charge in [-0.3, -0.25) is 10.1 Å². The van der Waals surface area contributed by atoms with Crippen molar-refractivity contribution in [1.82, 2.24) is 14.8 Å². The number of halogens is 1. The minimum absolute atomic E-state index is 0.0610. The van der Waals surface area contributed by atoms with Crippen LogP contribution < -0.4 is 0 Å². The summed E-state index contributed by atoms with van der Waals surface area (Å²) >= 11 is 3.49. The summed E-state index contributed by atoms with van der Waals surface area (Å²) in [4.78, 5) is 14.9. The number of pyridine rings is 1. The Bertz CT molecular complexity index is 873. The lowest BCUT2D eigenvalue weighted by molar-refractivity contribution is -0.384. The van der Waals surface area contributed by atoms with E-state index in [2.05, 4.69) is 26.0 Å². The summed E-state index contributed by atoms with van der Waals surface area (Å²) in [5.74, 6) is 0.683. The molecule has 1 aromatic carbocycles. The molecule has 0 N–H and O–H groups in total. The van der Waals surface area contributed by atoms with Crippen LogP contribution in [0.3, 0.4) is 0 Å². The number of nitro groups is 1. The van der Waals surface area contributed by atoms with Crippen LogP contribution in [0.1, 0.15) is 11.4 Å². The van der Waals surface area contributed by atoms with Gasteiger partial charge in [0.2, 0.25) is 0 Å². The average Bonchev–Trinajstić information content (AvgIpc) is 2.73. The highest BCUT2D eigenvalue weighted by atomic mass is 79.9. The van der Waals surface area contributed by atoms with E-state index >= 15 is 0 Å². The number of hydrogen-bond acceptors (Lipinski definition) is 4. The highest BCUT2D eigenvalue weighted by molar-refractivity contribution is 9.10. The molecule has 0 radical (unpaired) electrons. The van der Waals surface area contributed by atoms with E-state index in [9.17, 15) is 10.1 Å². The number of aryl methyl sites for hydroxylation is 1. The van der Waals surface area contributed by atoms with Crippen molar-refractivity contribution in [2.75, 3.05) is 0 Å². The smallest absolute Gasteiger partial charge is 0.258 e. The van der Waals surface area contributed by atoms with Crippen LogP contribution in [0.2, 0.25) is 0 Å². The van der Waals surface area contributed by atoms with Gasteiger partial charge in [0.05, 0.1) is 26.3 Å². The molecule has 2 heterocycles. The Morgan fingerprint density at radius 3 is 2.62 bits per heavy atom. The standard InChI is InChI=1S/C14H11BrN4O2/c1-8-14(15)9(2)18(17-8)13-6-3-10-7-11(19(20)21)4-5-12(10)16-13/h3-7H,1-2H3. The molecule has 6 nitrogen and oxygen atoms in total. The molecule has 0 bridgehead atoms. The van der Waals surface area contributed by atoms with Gasteiger partial charge < -0.3 is 0 Å². The third-order valence-corrected chi connectivity index (χ3v) is 4.44. The van der Waals surface area contributed by atoms with Crippen molar-refractivity contribution in [2.45, 2.75) is 13.8 Å². The van der Waals surface area contributed by atoms with Crippen LogP contribution in [-0.2, 0) is 0 Å². The second kappa shape index (κ2) is 4.92. The van der Waals surface area contributed by atoms with Crippen molar-refractivity contribution in [3.05, 3.63) is 56.3 Å². The Balaban J connectivity index is 2.15. The molecular formula is C14H11BrN4O2. The van der Waals surface area contributed by atoms with E-state index < -0.39 is 4.92 Å². The second-order valence-electron chi connectivity index (χ2n) is 4.70. The van der Waals surface area contributed by atoms with Gasteiger partial charge in [-0.05, 0) is 48.0 Å². The number of hydrogen-bond donors (Lipinski definition) is 0. The van der Waals surface area contributed by atoms with Gasteiger partial charge in [0.15, 0.2) is 5.82 Å². The van der Waals surface area contributed by atoms with Gasteiger partial charge in [0.25, 0.3) is 5.69 Å². The molecule has 0 spiro atoms. The van der Waals surface area contributed by atoms with Gasteiger partial charge in [0, 0.05) is 17.5 Å². The predicted molar refractivity (Wildman–Crippen MR) is 82.7 cm³/mol. The molecule has 0 atom stereocenters. The van der Waals surface area contributed by atoms with Crippen molar-refractivity contribution in [2.24, 2.45) is 0 Å². The summed E-state index contributed by atoms with van der Waals surface area (Å²) in [7, 11) is 0. The number of non-ortho nitro benzene ring substituents is 1. The molecule has 3 aromatic rings. The molecule has 2 aromatic heterocycles. The van der Waals surface area contributed by atoms with Crippen molar-refractivity contribution in [3.63, 3.8) is 0 Å². The molecule has 0 unspecified atom stereocenters. The maximum absolute atomic E-state index is 10.8. The maximum Gasteiger partial charge on any atom is 0.270 e. The monoisotopic (exact) mass is 346 g/mol. The van der Waals surface area contributed by atoms with Gasteiger partial charge in [-0.1, -0.05) is 0 Å². The average molecular weight is 347 g/mol. The molecule has 3 rings (SSSR count). The Hall–Kier alpha value is -2.28. The zero-order valence-corrected chi connectivity index (χ0v) is 13.0. The summed E-state index contributed by atoms with van der Waals surface area (Å²) in [5.41, 5.74) is 2.60. The van der Waals surface area contributed by atoms with Crippen LogP contribution in [-0.4, -0.2) is 19.7 Å². The fraction of sp³-hybridized carbons (Fsp3) is 0.143. The normalized spacial score (nSPS) is 11.0. The molecule has 106 valence electrons. The number of fused-ring (bicyclic) bond motifs is 1. The number of nitrogens with zero attached hydrogens (tertiary/aromatic N) is 4. The summed E-state index contributed by atoms with van der Waals surface area (Å²) in [5, 5.41) is 15.9. The largest absolute Gasteiger partial charge is 0.270 e. The van der Waals surface area contributed by atoms with E-state index in [4.69, 9.17) is 0 Å². The van der Waals surface area contributed by atoms with Crippen molar-refractivity contribution >= 4 is 32.5 Å². The first kappa shape index (κ1) is 13.7. The third kappa shape index (κ3) is 2.29. The Morgan fingerprint density at radius 2 is 2.00 bits per heavy atom. The highest BCUT2D eigenvalue weighted by Gasteiger charge is 2.12. The van der Waals surface area contributed by atoms with E-state index in [-0.39, 0.29) is 5.69 Å². The molecule has 0 fully saturated rings. The van der Waals surface area contributed by atoms with Crippen LogP contribution in [0.4, 0.5) is 5.69 Å². The Labute approximate surface area is 128 Å². The molecule has 0 saturated carbocycles. The zero-order valence-electron chi connectivity index (χ0n) is 11.4. The van der Waals surface area contributed by atoms with Crippen LogP contribution in [0, 0.1) is 24.0 Å². The second-order valence-corrected chi connectivity index (χ2v) is 5.49. The number of rotatable bonds is 2. The fourth-order valence-electron chi connectivity index (χ4n) is 2.18. The molecule has 0 aliphatic heterocycles. The lowest BCUT2D eigenvalue weighted by atomic mass is 10.2. The lowest BCUT2D eigenvalue weighted by Crippen LogP contribution is -2.02. The van der Waals surface area contributed by atoms with Crippen LogP contribution >= 0.6 is 15.9 Å². The van der Waals surface area contributed by atoms with Crippen LogP contribution in [0.25, 0.3) is 16.7 Å². The van der Waals surface area contributed by atoms with Gasteiger partial charge in [0.1, 0.15) is 0 Å². The molecule has 7 heteroatoms. The zero-order chi connectivity index (χ0) is 15.1.